The summed E-state index contributed by atoms with van der Waals surface area (Å²) in [5.41, 5.74) is -0.807. The van der Waals surface area contributed by atoms with Crippen molar-refractivity contribution in [1.29, 1.82) is 0 Å². The maximum Gasteiger partial charge on any atom is 0.410 e. The molecule has 0 atom stereocenters. The van der Waals surface area contributed by atoms with Gasteiger partial charge in [0, 0.05) is 37.9 Å². The summed E-state index contributed by atoms with van der Waals surface area (Å²) in [6.45, 7) is 6.90. The maximum atomic E-state index is 16.0. The van der Waals surface area contributed by atoms with Crippen molar-refractivity contribution < 1.29 is 31.1 Å². The van der Waals surface area contributed by atoms with Crippen LogP contribution in [0.1, 0.15) is 20.8 Å². The molecule has 1 aliphatic rings. The number of sulfonamides is 1. The summed E-state index contributed by atoms with van der Waals surface area (Å²) < 4.78 is 77.8. The van der Waals surface area contributed by atoms with Crippen molar-refractivity contribution in [1.82, 2.24) is 19.9 Å². The Hall–Kier alpha value is -3.95. The number of nitrogens with zero attached hydrogens (tertiary/aromatic N) is 5. The van der Waals surface area contributed by atoms with Crippen LogP contribution in [0.4, 0.5) is 28.8 Å². The van der Waals surface area contributed by atoms with Crippen LogP contribution in [0.2, 0.25) is 5.28 Å². The molecule has 3 heterocycles. The zero-order valence-electron chi connectivity index (χ0n) is 23.6. The summed E-state index contributed by atoms with van der Waals surface area (Å²) in [6, 6.07) is 8.05. The molecule has 1 N–H and O–H groups in total. The van der Waals surface area contributed by atoms with Crippen molar-refractivity contribution in [2.24, 2.45) is 0 Å². The van der Waals surface area contributed by atoms with E-state index in [1.54, 1.807) is 31.7 Å². The summed E-state index contributed by atoms with van der Waals surface area (Å²) in [7, 11) is -4.85. The van der Waals surface area contributed by atoms with Crippen LogP contribution in [0.5, 0.6) is 0 Å². The Morgan fingerprint density at radius 1 is 1.00 bits per heavy atom. The molecule has 0 saturated carbocycles. The molecule has 1 saturated heterocycles. The average molecular weight is 667 g/mol. The second-order valence-electron chi connectivity index (χ2n) is 10.7. The quantitative estimate of drug-likeness (QED) is 0.242. The summed E-state index contributed by atoms with van der Waals surface area (Å²) in [4.78, 5) is 28.1. The first-order valence-corrected chi connectivity index (χ1v) is 15.9. The number of halogens is 4. The Balaban J connectivity index is 1.50. The van der Waals surface area contributed by atoms with E-state index in [-0.39, 0.29) is 16.5 Å². The van der Waals surface area contributed by atoms with Crippen LogP contribution in [0.3, 0.4) is 0 Å². The van der Waals surface area contributed by atoms with Crippen molar-refractivity contribution in [2.45, 2.75) is 31.3 Å². The van der Waals surface area contributed by atoms with Gasteiger partial charge in [0.25, 0.3) is 10.0 Å². The van der Waals surface area contributed by atoms with Gasteiger partial charge in [-0.3, -0.25) is 4.72 Å². The molecule has 0 spiro atoms. The third kappa shape index (κ3) is 6.74. The van der Waals surface area contributed by atoms with Crippen LogP contribution in [0.15, 0.2) is 53.6 Å². The fourth-order valence-electron chi connectivity index (χ4n) is 4.40. The molecule has 2 aromatic carbocycles. The van der Waals surface area contributed by atoms with Crippen LogP contribution in [-0.4, -0.2) is 66.1 Å². The zero-order chi connectivity index (χ0) is 31.8. The Morgan fingerprint density at radius 3 is 2.30 bits per heavy atom. The van der Waals surface area contributed by atoms with E-state index in [0.717, 1.165) is 24.3 Å². The molecule has 44 heavy (non-hydrogen) atoms. The summed E-state index contributed by atoms with van der Waals surface area (Å²) in [5.74, 6) is -3.68. The minimum absolute atomic E-state index is 0.0525. The van der Waals surface area contributed by atoms with E-state index in [1.807, 2.05) is 9.62 Å². The first-order valence-electron chi connectivity index (χ1n) is 13.2. The van der Waals surface area contributed by atoms with Crippen molar-refractivity contribution >= 4 is 49.9 Å². The van der Waals surface area contributed by atoms with Gasteiger partial charge in [0.2, 0.25) is 5.28 Å². The second-order valence-corrected chi connectivity index (χ2v) is 13.6. The van der Waals surface area contributed by atoms with Gasteiger partial charge in [-0.1, -0.05) is 23.5 Å². The number of thiazole rings is 1. The smallest absolute Gasteiger partial charge is 0.410 e. The highest BCUT2D eigenvalue weighted by Crippen LogP contribution is 2.42. The number of amides is 1. The SMILES string of the molecule is CC(C)(C)OC(=O)N1CCN(c2nc(-c3cccc(NS(=O)(=O)c4c(F)cccc4F)c3F)c(-c3ccnc(Cl)n3)s2)CC1. The van der Waals surface area contributed by atoms with Gasteiger partial charge in [-0.2, -0.15) is 0 Å². The minimum Gasteiger partial charge on any atom is -0.444 e. The lowest BCUT2D eigenvalue weighted by atomic mass is 10.1. The highest BCUT2D eigenvalue weighted by molar-refractivity contribution is 7.92. The molecule has 5 rings (SSSR count). The number of aromatic nitrogens is 3. The molecular formula is C28H26ClF3N6O4S2. The number of nitrogens with one attached hydrogen (secondary N) is 1. The van der Waals surface area contributed by atoms with Crippen molar-refractivity contribution in [2.75, 3.05) is 35.8 Å². The molecule has 2 aromatic heterocycles. The van der Waals surface area contributed by atoms with Crippen LogP contribution >= 0.6 is 22.9 Å². The molecule has 4 aromatic rings. The standard InChI is InChI=1S/C28H26ClF3N6O4S2/c1-28(2,3)42-27(39)38-14-12-37(13-15-38)26-35-22(23(43-26)20-10-11-33-25(29)34-20)16-6-4-9-19(21(16)32)36-44(40,41)24-17(30)7-5-8-18(24)31/h4-11,36H,12-15H2,1-3H3. The van der Waals surface area contributed by atoms with E-state index < -0.39 is 49.8 Å². The van der Waals surface area contributed by atoms with Gasteiger partial charge in [-0.05, 0) is 62.7 Å². The molecular weight excluding hydrogens is 641 g/mol. The number of anilines is 2. The van der Waals surface area contributed by atoms with Gasteiger partial charge < -0.3 is 14.5 Å². The molecule has 16 heteroatoms. The predicted octanol–water partition coefficient (Wildman–Crippen LogP) is 6.20. The highest BCUT2D eigenvalue weighted by Gasteiger charge is 2.30. The van der Waals surface area contributed by atoms with E-state index in [2.05, 4.69) is 9.97 Å². The third-order valence-electron chi connectivity index (χ3n) is 6.36. The number of rotatable bonds is 6. The molecule has 0 unspecified atom stereocenters. The number of piperazine rings is 1. The molecule has 1 aliphatic heterocycles. The number of carbonyl (C=O) groups excluding carboxylic acids is 1. The van der Waals surface area contributed by atoms with Crippen LogP contribution in [0.25, 0.3) is 21.8 Å². The van der Waals surface area contributed by atoms with Gasteiger partial charge in [-0.25, -0.2) is 41.3 Å². The Morgan fingerprint density at radius 2 is 1.66 bits per heavy atom. The van der Waals surface area contributed by atoms with Gasteiger partial charge in [0.05, 0.1) is 22.0 Å². The minimum atomic E-state index is -4.85. The first-order chi connectivity index (χ1) is 20.7. The van der Waals surface area contributed by atoms with E-state index in [1.165, 1.54) is 29.7 Å². The second kappa shape index (κ2) is 12.2. The van der Waals surface area contributed by atoms with E-state index in [9.17, 15) is 22.0 Å². The largest absolute Gasteiger partial charge is 0.444 e. The zero-order valence-corrected chi connectivity index (χ0v) is 26.0. The van der Waals surface area contributed by atoms with Gasteiger partial charge in [0.1, 0.15) is 17.2 Å². The van der Waals surface area contributed by atoms with Crippen molar-refractivity contribution in [3.05, 3.63) is 71.4 Å². The van der Waals surface area contributed by atoms with E-state index >= 15 is 4.39 Å². The van der Waals surface area contributed by atoms with Crippen LogP contribution in [-0.2, 0) is 14.8 Å². The number of hydrogen-bond donors (Lipinski definition) is 1. The lowest BCUT2D eigenvalue weighted by molar-refractivity contribution is 0.0240. The fraction of sp³-hybridized carbons (Fsp3) is 0.286. The number of carbonyl (C=O) groups is 1. The summed E-state index contributed by atoms with van der Waals surface area (Å²) in [6.07, 6.45) is 1.00. The van der Waals surface area contributed by atoms with Crippen LogP contribution < -0.4 is 9.62 Å². The molecule has 1 fully saturated rings. The number of benzene rings is 2. The van der Waals surface area contributed by atoms with Crippen LogP contribution in [0, 0.1) is 17.5 Å². The fourth-order valence-corrected chi connectivity index (χ4v) is 6.84. The van der Waals surface area contributed by atoms with Crippen molar-refractivity contribution in [3.63, 3.8) is 0 Å². The molecule has 0 radical (unpaired) electrons. The van der Waals surface area contributed by atoms with Crippen molar-refractivity contribution in [3.8, 4) is 21.8 Å². The maximum absolute atomic E-state index is 16.0. The number of hydrogen-bond acceptors (Lipinski definition) is 9. The Labute approximate surface area is 260 Å². The molecule has 10 nitrogen and oxygen atoms in total. The molecule has 232 valence electrons. The van der Waals surface area contributed by atoms with E-state index in [0.29, 0.717) is 41.9 Å². The normalized spacial score (nSPS) is 14.1. The molecule has 1 amide bonds. The summed E-state index contributed by atoms with van der Waals surface area (Å²) in [5, 5.41) is 0.440. The average Bonchev–Trinajstić information content (AvgIpc) is 3.38. The first kappa shape index (κ1) is 31.5. The molecule has 0 bridgehead atoms. The third-order valence-corrected chi connectivity index (χ3v) is 9.10. The predicted molar refractivity (Wildman–Crippen MR) is 161 cm³/mol. The Bertz CT molecular complexity index is 1810. The number of ether oxygens (including phenoxy) is 1. The lowest BCUT2D eigenvalue weighted by Crippen LogP contribution is -2.50. The van der Waals surface area contributed by atoms with Gasteiger partial charge in [-0.15, -0.1) is 0 Å². The van der Waals surface area contributed by atoms with Gasteiger partial charge >= 0.3 is 6.09 Å². The lowest BCUT2D eigenvalue weighted by Gasteiger charge is -2.35. The van der Waals surface area contributed by atoms with E-state index in [4.69, 9.17) is 21.3 Å². The Kier molecular flexibility index (Phi) is 8.73. The van der Waals surface area contributed by atoms with Gasteiger partial charge in [0.15, 0.2) is 15.8 Å². The monoisotopic (exact) mass is 666 g/mol. The molecule has 0 aliphatic carbocycles. The summed E-state index contributed by atoms with van der Waals surface area (Å²) >= 11 is 7.24. The topological polar surface area (TPSA) is 118 Å². The highest BCUT2D eigenvalue weighted by atomic mass is 35.5.